The van der Waals surface area contributed by atoms with Crippen LogP contribution in [0.25, 0.3) is 0 Å². The molecule has 68 heavy (non-hydrogen) atoms. The number of hydrogen-bond acceptors (Lipinski definition) is 11. The standard InChI is InChI=1S/C56H59ClO11/c1-40(58)65-49-48(39-60-33-42-22-10-3-11-23-42)67-56(54(64-37-46-30-18-7-19-31-46)52(49)62-35-44-26-14-5-15-27-44)68-50-47(38-59-32-41-20-8-2-9-21-41)66-55(57)53(63-36-45-28-16-6-17-29-45)51(50)61-34-43-24-12-4-13-25-43/h2-31,47-56H,32-39H2,1H3/t47-,48-,49-,50-,51+,52+,53-,54-,55+,56-/m1/s1. The second-order valence-electron chi connectivity index (χ2n) is 16.8. The molecule has 8 rings (SSSR count). The maximum Gasteiger partial charge on any atom is 0.303 e. The molecule has 0 N–H and O–H groups in total. The third-order valence-corrected chi connectivity index (χ3v) is 12.0. The second-order valence-corrected chi connectivity index (χ2v) is 17.2. The molecule has 2 aliphatic heterocycles. The molecule has 0 radical (unpaired) electrons. The highest BCUT2D eigenvalue weighted by Crippen LogP contribution is 2.37. The van der Waals surface area contributed by atoms with E-state index in [1.54, 1.807) is 0 Å². The van der Waals surface area contributed by atoms with Crippen molar-refractivity contribution >= 4 is 17.6 Å². The van der Waals surface area contributed by atoms with Gasteiger partial charge in [0.25, 0.3) is 0 Å². The Morgan fingerprint density at radius 3 is 1.12 bits per heavy atom. The van der Waals surface area contributed by atoms with E-state index in [4.69, 9.17) is 59.0 Å². The van der Waals surface area contributed by atoms with E-state index in [1.807, 2.05) is 182 Å². The Bertz CT molecular complexity index is 2330. The van der Waals surface area contributed by atoms with E-state index < -0.39 is 66.7 Å². The van der Waals surface area contributed by atoms with Crippen molar-refractivity contribution in [2.45, 2.75) is 107 Å². The van der Waals surface area contributed by atoms with Crippen molar-refractivity contribution in [1.29, 1.82) is 0 Å². The summed E-state index contributed by atoms with van der Waals surface area (Å²) in [6.07, 6.45) is -8.30. The second kappa shape index (κ2) is 25.9. The van der Waals surface area contributed by atoms with Crippen molar-refractivity contribution in [2.24, 2.45) is 0 Å². The number of carbonyl (C=O) groups is 1. The summed E-state index contributed by atoms with van der Waals surface area (Å²) in [6.45, 7) is 2.84. The number of halogens is 1. The summed E-state index contributed by atoms with van der Waals surface area (Å²) in [6, 6.07) is 59.0. The van der Waals surface area contributed by atoms with Crippen molar-refractivity contribution < 1.29 is 52.2 Å². The fourth-order valence-corrected chi connectivity index (χ4v) is 8.65. The van der Waals surface area contributed by atoms with Crippen LogP contribution in [0.3, 0.4) is 0 Å². The van der Waals surface area contributed by atoms with Crippen LogP contribution in [0.1, 0.15) is 40.3 Å². The van der Waals surface area contributed by atoms with E-state index in [-0.39, 0.29) is 46.2 Å². The van der Waals surface area contributed by atoms with Gasteiger partial charge in [-0.15, -0.1) is 0 Å². The molecule has 10 atom stereocenters. The lowest BCUT2D eigenvalue weighted by atomic mass is 9.96. The first kappa shape index (κ1) is 49.2. The van der Waals surface area contributed by atoms with Gasteiger partial charge in [0.1, 0.15) is 42.7 Å². The van der Waals surface area contributed by atoms with Crippen LogP contribution < -0.4 is 0 Å². The van der Waals surface area contributed by atoms with Gasteiger partial charge in [-0.05, 0) is 33.4 Å². The topological polar surface area (TPSA) is 109 Å². The molecule has 6 aromatic carbocycles. The van der Waals surface area contributed by atoms with Gasteiger partial charge in [-0.2, -0.15) is 0 Å². The molecule has 2 saturated heterocycles. The monoisotopic (exact) mass is 942 g/mol. The average Bonchev–Trinajstić information content (AvgIpc) is 3.37. The molecule has 0 amide bonds. The maximum atomic E-state index is 13.0. The van der Waals surface area contributed by atoms with E-state index in [0.717, 1.165) is 33.4 Å². The zero-order valence-corrected chi connectivity index (χ0v) is 38.9. The Morgan fingerprint density at radius 1 is 0.412 bits per heavy atom. The third kappa shape index (κ3) is 14.4. The van der Waals surface area contributed by atoms with Gasteiger partial charge in [0.05, 0.1) is 52.9 Å². The molecule has 0 unspecified atom stereocenters. The average molecular weight is 944 g/mol. The Labute approximate surface area is 404 Å². The smallest absolute Gasteiger partial charge is 0.303 e. The predicted molar refractivity (Wildman–Crippen MR) is 256 cm³/mol. The third-order valence-electron chi connectivity index (χ3n) is 11.7. The summed E-state index contributed by atoms with van der Waals surface area (Å²) in [5.41, 5.74) is 4.70. The van der Waals surface area contributed by atoms with Crippen molar-refractivity contribution in [3.05, 3.63) is 215 Å². The van der Waals surface area contributed by atoms with Crippen LogP contribution in [0.4, 0.5) is 0 Å². The minimum atomic E-state index is -1.17. The summed E-state index contributed by atoms with van der Waals surface area (Å²) in [5.74, 6) is -0.515. The lowest BCUT2D eigenvalue weighted by molar-refractivity contribution is -0.356. The number of benzene rings is 6. The van der Waals surface area contributed by atoms with E-state index in [1.165, 1.54) is 6.92 Å². The molecule has 0 aliphatic carbocycles. The van der Waals surface area contributed by atoms with Gasteiger partial charge < -0.3 is 47.4 Å². The van der Waals surface area contributed by atoms with E-state index in [2.05, 4.69) is 0 Å². The highest BCUT2D eigenvalue weighted by Gasteiger charge is 2.54. The Kier molecular flexibility index (Phi) is 18.7. The summed E-state index contributed by atoms with van der Waals surface area (Å²) < 4.78 is 67.1. The van der Waals surface area contributed by atoms with Crippen molar-refractivity contribution in [3.8, 4) is 0 Å². The lowest BCUT2D eigenvalue weighted by Crippen LogP contribution is -2.66. The van der Waals surface area contributed by atoms with Crippen LogP contribution in [0.5, 0.6) is 0 Å². The van der Waals surface area contributed by atoms with E-state index in [0.29, 0.717) is 6.61 Å². The molecule has 0 saturated carbocycles. The molecule has 0 bridgehead atoms. The summed E-state index contributed by atoms with van der Waals surface area (Å²) in [7, 11) is 0. The lowest BCUT2D eigenvalue weighted by Gasteiger charge is -2.49. The largest absolute Gasteiger partial charge is 0.457 e. The van der Waals surface area contributed by atoms with Gasteiger partial charge in [-0.1, -0.05) is 194 Å². The fourth-order valence-electron chi connectivity index (χ4n) is 8.31. The molecule has 11 nitrogen and oxygen atoms in total. The summed E-state index contributed by atoms with van der Waals surface area (Å²) >= 11 is 7.21. The van der Waals surface area contributed by atoms with Gasteiger partial charge in [0.15, 0.2) is 18.0 Å². The summed E-state index contributed by atoms with van der Waals surface area (Å²) in [4.78, 5) is 13.0. The number of alkyl halides is 1. The first-order valence-corrected chi connectivity index (χ1v) is 23.5. The minimum absolute atomic E-state index is 0.0224. The number of hydrogen-bond donors (Lipinski definition) is 0. The van der Waals surface area contributed by atoms with Gasteiger partial charge in [-0.25, -0.2) is 0 Å². The van der Waals surface area contributed by atoms with Crippen molar-refractivity contribution in [2.75, 3.05) is 13.2 Å². The van der Waals surface area contributed by atoms with Crippen molar-refractivity contribution in [1.82, 2.24) is 0 Å². The fraction of sp³-hybridized carbons (Fsp3) is 0.339. The van der Waals surface area contributed by atoms with E-state index >= 15 is 0 Å². The zero-order valence-electron chi connectivity index (χ0n) is 38.1. The Hall–Kier alpha value is -5.28. The van der Waals surface area contributed by atoms with Gasteiger partial charge in [0, 0.05) is 6.92 Å². The zero-order chi connectivity index (χ0) is 46.8. The van der Waals surface area contributed by atoms with Gasteiger partial charge >= 0.3 is 5.97 Å². The quantitative estimate of drug-likeness (QED) is 0.0453. The van der Waals surface area contributed by atoms with Gasteiger partial charge in [-0.3, -0.25) is 4.79 Å². The maximum absolute atomic E-state index is 13.0. The highest BCUT2D eigenvalue weighted by atomic mass is 35.5. The molecule has 2 fully saturated rings. The molecular formula is C56H59ClO11. The number of rotatable bonds is 23. The normalized spacial score (nSPS) is 24.9. The van der Waals surface area contributed by atoms with Crippen LogP contribution in [-0.4, -0.2) is 79.9 Å². The number of ether oxygens (including phenoxy) is 10. The molecule has 12 heteroatoms. The first-order chi connectivity index (χ1) is 33.5. The molecule has 0 spiro atoms. The highest BCUT2D eigenvalue weighted by molar-refractivity contribution is 6.20. The molecule has 6 aromatic rings. The molecule has 2 heterocycles. The SMILES string of the molecule is CC(=O)O[C@H]1[C@H](OCc2ccccc2)[C@@H](OCc2ccccc2)[C@@H](O[C@H]2[C@H](OCc3ccccc3)[C@@H](OCc3ccccc3)[C@@H](Cl)O[C@@H]2COCc2ccccc2)O[C@@H]1COCc1ccccc1. The van der Waals surface area contributed by atoms with Crippen LogP contribution in [-0.2, 0) is 91.8 Å². The van der Waals surface area contributed by atoms with Crippen molar-refractivity contribution in [3.63, 3.8) is 0 Å². The van der Waals surface area contributed by atoms with E-state index in [9.17, 15) is 4.79 Å². The van der Waals surface area contributed by atoms with Gasteiger partial charge in [0.2, 0.25) is 0 Å². The predicted octanol–water partition coefficient (Wildman–Crippen LogP) is 9.77. The number of esters is 1. The first-order valence-electron chi connectivity index (χ1n) is 23.1. The van der Waals surface area contributed by atoms with Crippen LogP contribution in [0.2, 0.25) is 0 Å². The van der Waals surface area contributed by atoms with Crippen LogP contribution in [0, 0.1) is 0 Å². The summed E-state index contributed by atoms with van der Waals surface area (Å²) in [5, 5.41) is 0. The van der Waals surface area contributed by atoms with Crippen LogP contribution >= 0.6 is 11.6 Å². The number of carbonyl (C=O) groups excluding carboxylic acids is 1. The Morgan fingerprint density at radius 2 is 0.735 bits per heavy atom. The molecule has 2 aliphatic rings. The Balaban J connectivity index is 1.17. The van der Waals surface area contributed by atoms with Crippen LogP contribution in [0.15, 0.2) is 182 Å². The molecular weight excluding hydrogens is 884 g/mol. The molecule has 356 valence electrons. The minimum Gasteiger partial charge on any atom is -0.457 e. The molecule has 0 aromatic heterocycles.